The summed E-state index contributed by atoms with van der Waals surface area (Å²) < 4.78 is 11.1. The Morgan fingerprint density at radius 2 is 1.76 bits per heavy atom. The molecule has 1 amide bonds. The van der Waals surface area contributed by atoms with Crippen molar-refractivity contribution in [3.05, 3.63) is 75.6 Å². The molecule has 2 aromatic heterocycles. The standard InChI is InChI=1S/C22H17N3O4/c26-17-12-19(28-18-8-4-3-7-16(17)18)20(27)23-22-25-24-21(29-22)15-10-9-13-5-1-2-6-14(13)11-15/h3-4,7-12H,1-2,5-6H2,(H,23,25,27). The number of aryl methyl sites for hydroxylation is 2. The lowest BCUT2D eigenvalue weighted by Crippen LogP contribution is -2.15. The number of carbonyl (C=O) groups excluding carboxylic acids is 1. The van der Waals surface area contributed by atoms with Gasteiger partial charge in [-0.15, -0.1) is 5.10 Å². The predicted molar refractivity (Wildman–Crippen MR) is 107 cm³/mol. The van der Waals surface area contributed by atoms with Gasteiger partial charge in [-0.05, 0) is 61.1 Å². The first-order valence-corrected chi connectivity index (χ1v) is 9.47. The summed E-state index contributed by atoms with van der Waals surface area (Å²) in [6, 6.07) is 13.9. The first kappa shape index (κ1) is 17.4. The number of nitrogens with one attached hydrogen (secondary N) is 1. The zero-order chi connectivity index (χ0) is 19.8. The number of hydrogen-bond donors (Lipinski definition) is 1. The molecule has 5 rings (SSSR count). The lowest BCUT2D eigenvalue weighted by molar-refractivity contribution is 0.0994. The number of para-hydroxylation sites is 1. The van der Waals surface area contributed by atoms with E-state index in [0.29, 0.717) is 16.9 Å². The number of aromatic nitrogens is 2. The zero-order valence-corrected chi connectivity index (χ0v) is 15.5. The number of amides is 1. The summed E-state index contributed by atoms with van der Waals surface area (Å²) in [4.78, 5) is 24.6. The fourth-order valence-corrected chi connectivity index (χ4v) is 3.63. The van der Waals surface area contributed by atoms with Gasteiger partial charge >= 0.3 is 6.01 Å². The molecule has 0 fully saturated rings. The molecule has 0 spiro atoms. The van der Waals surface area contributed by atoms with Gasteiger partial charge in [0.15, 0.2) is 11.2 Å². The molecule has 144 valence electrons. The van der Waals surface area contributed by atoms with Gasteiger partial charge in [0.1, 0.15) is 5.58 Å². The van der Waals surface area contributed by atoms with E-state index in [1.54, 1.807) is 24.3 Å². The van der Waals surface area contributed by atoms with Gasteiger partial charge in [-0.1, -0.05) is 23.3 Å². The van der Waals surface area contributed by atoms with Crippen LogP contribution in [0.1, 0.15) is 34.5 Å². The van der Waals surface area contributed by atoms with Gasteiger partial charge < -0.3 is 8.83 Å². The minimum absolute atomic E-state index is 0.0569. The van der Waals surface area contributed by atoms with Crippen molar-refractivity contribution in [2.45, 2.75) is 25.7 Å². The van der Waals surface area contributed by atoms with Crippen LogP contribution in [-0.2, 0) is 12.8 Å². The number of anilines is 1. The van der Waals surface area contributed by atoms with Crippen LogP contribution in [-0.4, -0.2) is 16.1 Å². The molecular weight excluding hydrogens is 370 g/mol. The number of fused-ring (bicyclic) bond motifs is 2. The van der Waals surface area contributed by atoms with E-state index >= 15 is 0 Å². The Bertz CT molecular complexity index is 1290. The summed E-state index contributed by atoms with van der Waals surface area (Å²) in [6.45, 7) is 0. The Labute approximate surface area is 165 Å². The zero-order valence-electron chi connectivity index (χ0n) is 15.5. The topological polar surface area (TPSA) is 98.2 Å². The second-order valence-corrected chi connectivity index (χ2v) is 7.03. The maximum atomic E-state index is 12.5. The Hall–Kier alpha value is -3.74. The molecule has 1 aliphatic carbocycles. The third kappa shape index (κ3) is 3.31. The molecule has 0 atom stereocenters. The summed E-state index contributed by atoms with van der Waals surface area (Å²) in [5.74, 6) is -0.427. The van der Waals surface area contributed by atoms with Crippen molar-refractivity contribution in [2.75, 3.05) is 5.32 Å². The van der Waals surface area contributed by atoms with Crippen molar-refractivity contribution in [2.24, 2.45) is 0 Å². The second kappa shape index (κ2) is 7.01. The number of hydrogen-bond acceptors (Lipinski definition) is 6. The molecule has 29 heavy (non-hydrogen) atoms. The third-order valence-electron chi connectivity index (χ3n) is 5.10. The van der Waals surface area contributed by atoms with Crippen molar-refractivity contribution in [1.82, 2.24) is 10.2 Å². The molecule has 1 N–H and O–H groups in total. The fraction of sp³-hybridized carbons (Fsp3) is 0.182. The van der Waals surface area contributed by atoms with Gasteiger partial charge in [-0.3, -0.25) is 14.9 Å². The number of benzene rings is 2. The average Bonchev–Trinajstić information content (AvgIpc) is 3.22. The van der Waals surface area contributed by atoms with Crippen molar-refractivity contribution in [1.29, 1.82) is 0 Å². The number of nitrogens with zero attached hydrogens (tertiary/aromatic N) is 2. The molecule has 2 heterocycles. The van der Waals surface area contributed by atoms with Crippen LogP contribution in [0.15, 0.2) is 62.2 Å². The third-order valence-corrected chi connectivity index (χ3v) is 5.10. The van der Waals surface area contributed by atoms with Crippen molar-refractivity contribution in [3.8, 4) is 11.5 Å². The van der Waals surface area contributed by atoms with E-state index in [1.165, 1.54) is 24.0 Å². The highest BCUT2D eigenvalue weighted by Gasteiger charge is 2.17. The second-order valence-electron chi connectivity index (χ2n) is 7.03. The molecule has 0 saturated heterocycles. The molecule has 0 bridgehead atoms. The number of rotatable bonds is 3. The van der Waals surface area contributed by atoms with Crippen molar-refractivity contribution < 1.29 is 13.6 Å². The largest absolute Gasteiger partial charge is 0.451 e. The van der Waals surface area contributed by atoms with Crippen LogP contribution in [0, 0.1) is 0 Å². The number of carbonyl (C=O) groups is 1. The Morgan fingerprint density at radius 3 is 2.66 bits per heavy atom. The van der Waals surface area contributed by atoms with Gasteiger partial charge in [-0.25, -0.2) is 0 Å². The van der Waals surface area contributed by atoms with E-state index in [-0.39, 0.29) is 17.2 Å². The molecule has 0 radical (unpaired) electrons. The summed E-state index contributed by atoms with van der Waals surface area (Å²) in [5, 5.41) is 10.8. The first-order valence-electron chi connectivity index (χ1n) is 9.47. The van der Waals surface area contributed by atoms with E-state index in [4.69, 9.17) is 8.83 Å². The molecule has 0 saturated carbocycles. The van der Waals surface area contributed by atoms with E-state index in [1.807, 2.05) is 6.07 Å². The molecular formula is C22H17N3O4. The van der Waals surface area contributed by atoms with Crippen LogP contribution in [0.25, 0.3) is 22.4 Å². The van der Waals surface area contributed by atoms with Crippen molar-refractivity contribution >= 4 is 22.9 Å². The highest BCUT2D eigenvalue weighted by atomic mass is 16.4. The first-order chi connectivity index (χ1) is 14.2. The van der Waals surface area contributed by atoms with E-state index in [0.717, 1.165) is 24.5 Å². The van der Waals surface area contributed by atoms with Crippen LogP contribution < -0.4 is 10.7 Å². The van der Waals surface area contributed by atoms with Crippen LogP contribution in [0.2, 0.25) is 0 Å². The normalized spacial score (nSPS) is 13.2. The van der Waals surface area contributed by atoms with Gasteiger partial charge in [-0.2, -0.15) is 0 Å². The van der Waals surface area contributed by atoms with Crippen LogP contribution in [0.5, 0.6) is 0 Å². The predicted octanol–water partition coefficient (Wildman–Crippen LogP) is 3.97. The van der Waals surface area contributed by atoms with E-state index in [2.05, 4.69) is 27.6 Å². The van der Waals surface area contributed by atoms with Gasteiger partial charge in [0.25, 0.3) is 5.91 Å². The lowest BCUT2D eigenvalue weighted by atomic mass is 9.90. The monoisotopic (exact) mass is 387 g/mol. The summed E-state index contributed by atoms with van der Waals surface area (Å²) in [5.41, 5.74) is 3.52. The molecule has 0 unspecified atom stereocenters. The molecule has 1 aliphatic rings. The smallest absolute Gasteiger partial charge is 0.322 e. The van der Waals surface area contributed by atoms with Crippen LogP contribution in [0.4, 0.5) is 6.01 Å². The Kier molecular flexibility index (Phi) is 4.20. The molecule has 7 heteroatoms. The van der Waals surface area contributed by atoms with Crippen molar-refractivity contribution in [3.63, 3.8) is 0 Å². The summed E-state index contributed by atoms with van der Waals surface area (Å²) in [7, 11) is 0. The Balaban J connectivity index is 1.39. The van der Waals surface area contributed by atoms with Gasteiger partial charge in [0.05, 0.1) is 5.39 Å². The lowest BCUT2D eigenvalue weighted by Gasteiger charge is -2.15. The minimum Gasteiger partial charge on any atom is -0.451 e. The quantitative estimate of drug-likeness (QED) is 0.571. The van der Waals surface area contributed by atoms with E-state index in [9.17, 15) is 9.59 Å². The SMILES string of the molecule is O=C(Nc1nnc(-c2ccc3c(c2)CCCC3)o1)c1cc(=O)c2ccccc2o1. The van der Waals surface area contributed by atoms with Crippen LogP contribution in [0.3, 0.4) is 0 Å². The Morgan fingerprint density at radius 1 is 0.931 bits per heavy atom. The fourth-order valence-electron chi connectivity index (χ4n) is 3.63. The summed E-state index contributed by atoms with van der Waals surface area (Å²) in [6.07, 6.45) is 4.53. The highest BCUT2D eigenvalue weighted by Crippen LogP contribution is 2.27. The summed E-state index contributed by atoms with van der Waals surface area (Å²) >= 11 is 0. The molecule has 0 aliphatic heterocycles. The minimum atomic E-state index is -0.631. The highest BCUT2D eigenvalue weighted by molar-refractivity contribution is 6.01. The van der Waals surface area contributed by atoms with Crippen LogP contribution >= 0.6 is 0 Å². The molecule has 2 aromatic carbocycles. The maximum absolute atomic E-state index is 12.5. The van der Waals surface area contributed by atoms with Gasteiger partial charge in [0.2, 0.25) is 5.89 Å². The van der Waals surface area contributed by atoms with Gasteiger partial charge in [0, 0.05) is 11.6 Å². The maximum Gasteiger partial charge on any atom is 0.322 e. The molecule has 7 nitrogen and oxygen atoms in total. The molecule has 4 aromatic rings. The average molecular weight is 387 g/mol. The van der Waals surface area contributed by atoms with E-state index < -0.39 is 5.91 Å².